The molecule has 0 fully saturated rings. The van der Waals surface area contributed by atoms with Crippen LogP contribution in [0.2, 0.25) is 0 Å². The molecule has 43 heavy (non-hydrogen) atoms. The van der Waals surface area contributed by atoms with Gasteiger partial charge in [-0.15, -0.1) is 0 Å². The topological polar surface area (TPSA) is 50.3 Å². The molecule has 2 heterocycles. The SMILES string of the molecule is C=C(CCCC)c1ccc(NC)cc1OC.CCC[C@@H](CC(C)C)N1Cc2cnc(C)nc2C1.Cc1cc(C)cc(C)c1. The van der Waals surface area contributed by atoms with E-state index in [1.54, 1.807) is 7.11 Å². The lowest BCUT2D eigenvalue weighted by atomic mass is 9.99. The molecule has 1 aliphatic heterocycles. The third-order valence-corrected chi connectivity index (χ3v) is 7.75. The molecule has 0 saturated heterocycles. The lowest BCUT2D eigenvalue weighted by molar-refractivity contribution is 0.163. The number of hydrogen-bond acceptors (Lipinski definition) is 5. The highest BCUT2D eigenvalue weighted by atomic mass is 16.5. The van der Waals surface area contributed by atoms with Gasteiger partial charge in [-0.1, -0.05) is 82.0 Å². The van der Waals surface area contributed by atoms with Gasteiger partial charge >= 0.3 is 0 Å². The number of unbranched alkanes of at least 4 members (excludes halogenated alkanes) is 1. The van der Waals surface area contributed by atoms with E-state index in [4.69, 9.17) is 4.74 Å². The minimum absolute atomic E-state index is 0.699. The number of rotatable bonds is 11. The second kappa shape index (κ2) is 18.5. The normalized spacial score (nSPS) is 12.9. The first kappa shape index (κ1) is 36.0. The molecule has 0 aliphatic carbocycles. The van der Waals surface area contributed by atoms with E-state index in [1.165, 1.54) is 60.1 Å². The van der Waals surface area contributed by atoms with E-state index < -0.39 is 0 Å². The van der Waals surface area contributed by atoms with Gasteiger partial charge in [-0.25, -0.2) is 9.97 Å². The van der Waals surface area contributed by atoms with Crippen LogP contribution in [-0.2, 0) is 13.1 Å². The van der Waals surface area contributed by atoms with Crippen molar-refractivity contribution >= 4 is 11.3 Å². The summed E-state index contributed by atoms with van der Waals surface area (Å²) in [7, 11) is 3.60. The van der Waals surface area contributed by atoms with E-state index in [1.807, 2.05) is 26.2 Å². The quantitative estimate of drug-likeness (QED) is 0.242. The number of nitrogens with one attached hydrogen (secondary N) is 1. The summed E-state index contributed by atoms with van der Waals surface area (Å²) in [4.78, 5) is 11.5. The molecule has 5 heteroatoms. The molecule has 0 unspecified atom stereocenters. The summed E-state index contributed by atoms with van der Waals surface area (Å²) in [6.07, 6.45) is 9.25. The van der Waals surface area contributed by atoms with E-state index in [2.05, 4.69) is 106 Å². The summed E-state index contributed by atoms with van der Waals surface area (Å²) in [5.74, 6) is 2.55. The molecule has 0 spiro atoms. The summed E-state index contributed by atoms with van der Waals surface area (Å²) < 4.78 is 5.39. The summed E-state index contributed by atoms with van der Waals surface area (Å²) in [5, 5.41) is 3.10. The maximum Gasteiger partial charge on any atom is 0.128 e. The minimum Gasteiger partial charge on any atom is -0.496 e. The van der Waals surface area contributed by atoms with Gasteiger partial charge in [0.15, 0.2) is 0 Å². The number of aryl methyl sites for hydroxylation is 4. The van der Waals surface area contributed by atoms with Crippen molar-refractivity contribution in [1.29, 1.82) is 0 Å². The van der Waals surface area contributed by atoms with Crippen LogP contribution in [0.1, 0.15) is 106 Å². The van der Waals surface area contributed by atoms with Crippen molar-refractivity contribution in [3.05, 3.63) is 88.5 Å². The fourth-order valence-corrected chi connectivity index (χ4v) is 5.73. The van der Waals surface area contributed by atoms with Crippen molar-refractivity contribution < 1.29 is 4.74 Å². The van der Waals surface area contributed by atoms with Crippen LogP contribution in [0.3, 0.4) is 0 Å². The van der Waals surface area contributed by atoms with Gasteiger partial charge in [0, 0.05) is 55.3 Å². The number of nitrogens with zero attached hydrogens (tertiary/aromatic N) is 3. The third-order valence-electron chi connectivity index (χ3n) is 7.75. The molecule has 0 saturated carbocycles. The number of benzene rings is 2. The standard InChI is InChI=1S/C15H25N3.C14H21NO.C9H12/c1-5-6-14(7-11(2)3)18-9-13-8-16-12(4)17-15(13)10-18;1-5-6-7-11(2)13-9-8-12(15-3)10-14(13)16-4;1-7-4-8(2)6-9(3)5-7/h8,11,14H,5-7,9-10H2,1-4H3;8-10,15H,2,5-7H2,1,3-4H3;4-6H,1-3H3/t14-;;/m0../s1. The first-order valence-corrected chi connectivity index (χ1v) is 16.1. The maximum absolute atomic E-state index is 5.39. The average Bonchev–Trinajstić information content (AvgIpc) is 3.38. The molecule has 0 amide bonds. The Kier molecular flexibility index (Phi) is 15.5. The van der Waals surface area contributed by atoms with E-state index >= 15 is 0 Å². The van der Waals surface area contributed by atoms with E-state index in [0.29, 0.717) is 6.04 Å². The van der Waals surface area contributed by atoms with E-state index in [-0.39, 0.29) is 0 Å². The lowest BCUT2D eigenvalue weighted by Gasteiger charge is -2.28. The van der Waals surface area contributed by atoms with Crippen LogP contribution in [0.25, 0.3) is 5.57 Å². The fraction of sp³-hybridized carbons (Fsp3) is 0.526. The summed E-state index contributed by atoms with van der Waals surface area (Å²) >= 11 is 0. The monoisotopic (exact) mass is 586 g/mol. The van der Waals surface area contributed by atoms with Crippen LogP contribution in [0.15, 0.2) is 49.2 Å². The van der Waals surface area contributed by atoms with Crippen LogP contribution in [-0.4, -0.2) is 35.1 Å². The zero-order valence-corrected chi connectivity index (χ0v) is 28.8. The van der Waals surface area contributed by atoms with Gasteiger partial charge < -0.3 is 10.1 Å². The van der Waals surface area contributed by atoms with Crippen molar-refractivity contribution in [3.8, 4) is 5.75 Å². The van der Waals surface area contributed by atoms with Gasteiger partial charge in [-0.3, -0.25) is 4.90 Å². The van der Waals surface area contributed by atoms with Gasteiger partial charge in [0.2, 0.25) is 0 Å². The van der Waals surface area contributed by atoms with Gasteiger partial charge in [0.25, 0.3) is 0 Å². The van der Waals surface area contributed by atoms with E-state index in [9.17, 15) is 0 Å². The number of fused-ring (bicyclic) bond motifs is 1. The molecule has 2 aromatic carbocycles. The molecule has 1 aromatic heterocycles. The van der Waals surface area contributed by atoms with E-state index in [0.717, 1.165) is 53.8 Å². The van der Waals surface area contributed by atoms with Gasteiger partial charge in [-0.05, 0) is 77.0 Å². The Morgan fingerprint density at radius 3 is 2.16 bits per heavy atom. The Balaban J connectivity index is 0.000000237. The summed E-state index contributed by atoms with van der Waals surface area (Å²) in [5.41, 5.74) is 9.96. The lowest BCUT2D eigenvalue weighted by Crippen LogP contribution is -2.31. The first-order valence-electron chi connectivity index (χ1n) is 16.1. The van der Waals surface area contributed by atoms with Crippen LogP contribution in [0.5, 0.6) is 5.75 Å². The van der Waals surface area contributed by atoms with Crippen molar-refractivity contribution in [3.63, 3.8) is 0 Å². The van der Waals surface area contributed by atoms with Crippen LogP contribution < -0.4 is 10.1 Å². The molecule has 236 valence electrons. The molecule has 4 rings (SSSR count). The Morgan fingerprint density at radius 1 is 0.977 bits per heavy atom. The molecule has 0 radical (unpaired) electrons. The highest BCUT2D eigenvalue weighted by Gasteiger charge is 2.27. The van der Waals surface area contributed by atoms with Crippen LogP contribution in [0.4, 0.5) is 5.69 Å². The summed E-state index contributed by atoms with van der Waals surface area (Å²) in [6.45, 7) is 23.6. The highest BCUT2D eigenvalue weighted by molar-refractivity contribution is 5.71. The number of aromatic nitrogens is 2. The highest BCUT2D eigenvalue weighted by Crippen LogP contribution is 2.31. The maximum atomic E-state index is 5.39. The minimum atomic E-state index is 0.699. The predicted octanol–water partition coefficient (Wildman–Crippen LogP) is 9.87. The van der Waals surface area contributed by atoms with Crippen LogP contribution >= 0.6 is 0 Å². The van der Waals surface area contributed by atoms with Gasteiger partial charge in [0.05, 0.1) is 12.8 Å². The zero-order valence-electron chi connectivity index (χ0n) is 28.8. The second-order valence-corrected chi connectivity index (χ2v) is 12.4. The van der Waals surface area contributed by atoms with Gasteiger partial charge in [0.1, 0.15) is 11.6 Å². The van der Waals surface area contributed by atoms with Gasteiger partial charge in [-0.2, -0.15) is 0 Å². The molecule has 5 nitrogen and oxygen atoms in total. The smallest absolute Gasteiger partial charge is 0.128 e. The first-order chi connectivity index (χ1) is 20.5. The van der Waals surface area contributed by atoms with Crippen molar-refractivity contribution in [2.45, 2.75) is 113 Å². The number of allylic oxidation sites excluding steroid dienone is 1. The molecule has 3 aromatic rings. The fourth-order valence-electron chi connectivity index (χ4n) is 5.73. The third kappa shape index (κ3) is 12.1. The molecule has 1 aliphatic rings. The predicted molar refractivity (Wildman–Crippen MR) is 186 cm³/mol. The number of anilines is 1. The summed E-state index contributed by atoms with van der Waals surface area (Å²) in [6, 6.07) is 13.4. The van der Waals surface area contributed by atoms with Crippen molar-refractivity contribution in [2.75, 3.05) is 19.5 Å². The number of methoxy groups -OCH3 is 1. The van der Waals surface area contributed by atoms with Crippen molar-refractivity contribution in [2.24, 2.45) is 5.92 Å². The number of ether oxygens (including phenoxy) is 1. The Hall–Kier alpha value is -3.18. The Bertz CT molecular complexity index is 1230. The second-order valence-electron chi connectivity index (χ2n) is 12.4. The molecular weight excluding hydrogens is 528 g/mol. The molecular formula is C38H58N4O. The molecule has 0 bridgehead atoms. The molecule has 1 atom stereocenters. The van der Waals surface area contributed by atoms with Crippen molar-refractivity contribution in [1.82, 2.24) is 14.9 Å². The largest absolute Gasteiger partial charge is 0.496 e. The zero-order chi connectivity index (χ0) is 31.9. The van der Waals surface area contributed by atoms with Crippen LogP contribution in [0, 0.1) is 33.6 Å². The Labute approximate surface area is 263 Å². The molecule has 1 N–H and O–H groups in total. The Morgan fingerprint density at radius 2 is 1.63 bits per heavy atom. The number of hydrogen-bond donors (Lipinski definition) is 1. The average molecular weight is 587 g/mol.